The van der Waals surface area contributed by atoms with Crippen LogP contribution in [0.25, 0.3) is 0 Å². The number of carbonyl (C=O) groups is 1. The molecule has 0 saturated heterocycles. The van der Waals surface area contributed by atoms with Crippen molar-refractivity contribution < 1.29 is 9.90 Å². The molecule has 1 atom stereocenters. The lowest BCUT2D eigenvalue weighted by Gasteiger charge is -2.34. The smallest absolute Gasteiger partial charge is 0.310 e. The van der Waals surface area contributed by atoms with Crippen molar-refractivity contribution in [2.75, 3.05) is 0 Å². The lowest BCUT2D eigenvalue weighted by Crippen LogP contribution is -2.39. The second kappa shape index (κ2) is 4.78. The summed E-state index contributed by atoms with van der Waals surface area (Å²) in [6, 6.07) is 10.1. The highest BCUT2D eigenvalue weighted by Crippen LogP contribution is 2.38. The fraction of sp³-hybridized carbons (Fsp3) is 0.375. The normalized spacial score (nSPS) is 21.4. The summed E-state index contributed by atoms with van der Waals surface area (Å²) in [7, 11) is 1.85. The Bertz CT molecular complexity index is 647. The number of rotatable bonds is 3. The molecule has 0 spiro atoms. The van der Waals surface area contributed by atoms with E-state index in [1.165, 1.54) is 5.56 Å². The van der Waals surface area contributed by atoms with Gasteiger partial charge in [-0.05, 0) is 36.5 Å². The van der Waals surface area contributed by atoms with Gasteiger partial charge in [-0.2, -0.15) is 5.10 Å². The van der Waals surface area contributed by atoms with Crippen molar-refractivity contribution in [2.45, 2.75) is 25.7 Å². The van der Waals surface area contributed by atoms with Crippen LogP contribution in [0.3, 0.4) is 0 Å². The Morgan fingerprint density at radius 2 is 2.10 bits per heavy atom. The van der Waals surface area contributed by atoms with Crippen LogP contribution in [0.5, 0.6) is 0 Å². The first-order valence-corrected chi connectivity index (χ1v) is 6.88. The quantitative estimate of drug-likeness (QED) is 0.930. The Hall–Kier alpha value is -2.10. The number of carboxylic acids is 1. The van der Waals surface area contributed by atoms with Gasteiger partial charge in [-0.3, -0.25) is 9.48 Å². The van der Waals surface area contributed by atoms with E-state index in [0.717, 1.165) is 17.7 Å². The van der Waals surface area contributed by atoms with Gasteiger partial charge in [0.2, 0.25) is 0 Å². The summed E-state index contributed by atoms with van der Waals surface area (Å²) in [4.78, 5) is 11.9. The number of hydrogen-bond acceptors (Lipinski definition) is 2. The van der Waals surface area contributed by atoms with Crippen molar-refractivity contribution in [1.29, 1.82) is 0 Å². The number of carboxylic acid groups (broad SMARTS) is 1. The number of hydrogen-bond donors (Lipinski definition) is 1. The highest BCUT2D eigenvalue weighted by molar-refractivity contribution is 5.76. The SMILES string of the molecule is Cn1ccc(CC2(C(=O)O)CCc3ccccc3C2)n1. The van der Waals surface area contributed by atoms with Crippen LogP contribution in [0.15, 0.2) is 36.5 Å². The first kappa shape index (κ1) is 12.9. The highest BCUT2D eigenvalue weighted by atomic mass is 16.4. The average molecular weight is 270 g/mol. The van der Waals surface area contributed by atoms with Crippen LogP contribution in [0.4, 0.5) is 0 Å². The number of aryl methyl sites for hydroxylation is 2. The molecular weight excluding hydrogens is 252 g/mol. The molecule has 2 aromatic rings. The van der Waals surface area contributed by atoms with Gasteiger partial charge in [-0.1, -0.05) is 24.3 Å². The van der Waals surface area contributed by atoms with Crippen molar-refractivity contribution in [1.82, 2.24) is 9.78 Å². The minimum absolute atomic E-state index is 0.498. The average Bonchev–Trinajstić information content (AvgIpc) is 2.83. The molecular formula is C16H18N2O2. The Labute approximate surface area is 118 Å². The molecule has 1 unspecified atom stereocenters. The molecule has 0 aliphatic heterocycles. The standard InChI is InChI=1S/C16H18N2O2/c1-18-9-7-14(17-18)11-16(15(19)20)8-6-12-4-2-3-5-13(12)10-16/h2-5,7,9H,6,8,10-11H2,1H3,(H,19,20). The van der Waals surface area contributed by atoms with E-state index in [4.69, 9.17) is 0 Å². The number of aromatic nitrogens is 2. The van der Waals surface area contributed by atoms with Gasteiger partial charge in [0, 0.05) is 19.7 Å². The van der Waals surface area contributed by atoms with Crippen molar-refractivity contribution in [3.63, 3.8) is 0 Å². The fourth-order valence-corrected chi connectivity index (χ4v) is 3.11. The van der Waals surface area contributed by atoms with Crippen molar-refractivity contribution in [3.05, 3.63) is 53.3 Å². The van der Waals surface area contributed by atoms with Gasteiger partial charge in [0.05, 0.1) is 11.1 Å². The molecule has 0 bridgehead atoms. The summed E-state index contributed by atoms with van der Waals surface area (Å²) < 4.78 is 1.72. The molecule has 20 heavy (non-hydrogen) atoms. The monoisotopic (exact) mass is 270 g/mol. The van der Waals surface area contributed by atoms with Gasteiger partial charge in [-0.25, -0.2) is 0 Å². The Morgan fingerprint density at radius 3 is 2.75 bits per heavy atom. The maximum atomic E-state index is 11.9. The molecule has 3 rings (SSSR count). The number of fused-ring (bicyclic) bond motifs is 1. The number of nitrogens with zero attached hydrogens (tertiary/aromatic N) is 2. The van der Waals surface area contributed by atoms with Crippen LogP contribution in [0, 0.1) is 5.41 Å². The summed E-state index contributed by atoms with van der Waals surface area (Å²) in [5.41, 5.74) is 2.58. The first-order valence-electron chi connectivity index (χ1n) is 6.88. The molecule has 1 aliphatic rings. The van der Waals surface area contributed by atoms with Crippen LogP contribution >= 0.6 is 0 Å². The molecule has 1 N–H and O–H groups in total. The third kappa shape index (κ3) is 2.22. The van der Waals surface area contributed by atoms with Crippen molar-refractivity contribution in [2.24, 2.45) is 12.5 Å². The predicted molar refractivity (Wildman–Crippen MR) is 75.4 cm³/mol. The third-order valence-corrected chi connectivity index (χ3v) is 4.26. The lowest BCUT2D eigenvalue weighted by atomic mass is 9.69. The molecule has 1 aromatic carbocycles. The van der Waals surface area contributed by atoms with E-state index < -0.39 is 11.4 Å². The molecule has 1 aliphatic carbocycles. The zero-order chi connectivity index (χ0) is 14.2. The lowest BCUT2D eigenvalue weighted by molar-refractivity contribution is -0.149. The summed E-state index contributed by atoms with van der Waals surface area (Å²) in [5, 5.41) is 14.1. The second-order valence-electron chi connectivity index (χ2n) is 5.69. The van der Waals surface area contributed by atoms with Gasteiger partial charge < -0.3 is 5.11 Å². The van der Waals surface area contributed by atoms with Gasteiger partial charge in [0.15, 0.2) is 0 Å². The van der Waals surface area contributed by atoms with Crippen LogP contribution in [-0.2, 0) is 31.1 Å². The third-order valence-electron chi connectivity index (χ3n) is 4.26. The molecule has 0 radical (unpaired) electrons. The van der Waals surface area contributed by atoms with E-state index >= 15 is 0 Å². The topological polar surface area (TPSA) is 55.1 Å². The van der Waals surface area contributed by atoms with Gasteiger partial charge in [0.25, 0.3) is 0 Å². The summed E-state index contributed by atoms with van der Waals surface area (Å²) in [6.07, 6.45) is 4.46. The molecule has 0 fully saturated rings. The minimum Gasteiger partial charge on any atom is -0.481 e. The molecule has 0 saturated carbocycles. The fourth-order valence-electron chi connectivity index (χ4n) is 3.11. The van der Waals surface area contributed by atoms with Crippen molar-refractivity contribution >= 4 is 5.97 Å². The zero-order valence-electron chi connectivity index (χ0n) is 11.5. The molecule has 104 valence electrons. The maximum absolute atomic E-state index is 11.9. The van der Waals surface area contributed by atoms with Gasteiger partial charge in [0.1, 0.15) is 0 Å². The van der Waals surface area contributed by atoms with Gasteiger partial charge >= 0.3 is 5.97 Å². The summed E-state index contributed by atoms with van der Waals surface area (Å²) in [6.45, 7) is 0. The van der Waals surface area contributed by atoms with E-state index in [1.54, 1.807) is 4.68 Å². The Balaban J connectivity index is 1.92. The second-order valence-corrected chi connectivity index (χ2v) is 5.69. The number of aliphatic carboxylic acids is 1. The van der Waals surface area contributed by atoms with E-state index in [0.29, 0.717) is 19.3 Å². The van der Waals surface area contributed by atoms with E-state index in [-0.39, 0.29) is 0 Å². The molecule has 1 heterocycles. The Kier molecular flexibility index (Phi) is 3.08. The van der Waals surface area contributed by atoms with E-state index in [1.807, 2.05) is 37.5 Å². The largest absolute Gasteiger partial charge is 0.481 e. The molecule has 1 aromatic heterocycles. The zero-order valence-corrected chi connectivity index (χ0v) is 11.5. The van der Waals surface area contributed by atoms with Crippen LogP contribution in [-0.4, -0.2) is 20.9 Å². The molecule has 4 heteroatoms. The summed E-state index contributed by atoms with van der Waals surface area (Å²) in [5.74, 6) is -0.711. The van der Waals surface area contributed by atoms with Crippen LogP contribution < -0.4 is 0 Å². The number of benzene rings is 1. The van der Waals surface area contributed by atoms with Crippen LogP contribution in [0.2, 0.25) is 0 Å². The van der Waals surface area contributed by atoms with Gasteiger partial charge in [-0.15, -0.1) is 0 Å². The maximum Gasteiger partial charge on any atom is 0.310 e. The van der Waals surface area contributed by atoms with E-state index in [9.17, 15) is 9.90 Å². The first-order chi connectivity index (χ1) is 9.59. The highest BCUT2D eigenvalue weighted by Gasteiger charge is 2.41. The van der Waals surface area contributed by atoms with Crippen LogP contribution in [0.1, 0.15) is 23.2 Å². The summed E-state index contributed by atoms with van der Waals surface area (Å²) >= 11 is 0. The molecule has 4 nitrogen and oxygen atoms in total. The Morgan fingerprint density at radius 1 is 1.35 bits per heavy atom. The van der Waals surface area contributed by atoms with E-state index in [2.05, 4.69) is 11.2 Å². The molecule has 0 amide bonds. The van der Waals surface area contributed by atoms with Crippen molar-refractivity contribution in [3.8, 4) is 0 Å². The predicted octanol–water partition coefficient (Wildman–Crippen LogP) is 2.22. The minimum atomic E-state index is -0.720.